The normalized spacial score (nSPS) is 20.1. The molecule has 1 unspecified atom stereocenters. The molecule has 2 aromatic rings. The maximum Gasteiger partial charge on any atom is 0.409 e. The average Bonchev–Trinajstić information content (AvgIpc) is 3.43. The molecule has 1 amide bonds. The molecule has 1 fully saturated rings. The lowest BCUT2D eigenvalue weighted by molar-refractivity contribution is -0.146. The van der Waals surface area contributed by atoms with E-state index in [1.807, 2.05) is 30.3 Å². The standard InChI is InChI=1S/C26H27NO4/c28-25(31-19-9-1-2-10-19)18-8-7-15-27(16-18)26(29)30-17-24-22-13-5-3-11-20(22)21-12-4-6-14-23(21)24/h3-6,9,11-14,18,24H,1-2,7-8,10,15-17H2. The van der Waals surface area contributed by atoms with Crippen molar-refractivity contribution in [3.8, 4) is 11.1 Å². The number of carbonyl (C=O) groups excluding carboxylic acids is 2. The minimum Gasteiger partial charge on any atom is -0.448 e. The van der Waals surface area contributed by atoms with Crippen LogP contribution in [0.2, 0.25) is 0 Å². The summed E-state index contributed by atoms with van der Waals surface area (Å²) in [7, 11) is 0. The van der Waals surface area contributed by atoms with Crippen LogP contribution in [-0.2, 0) is 14.3 Å². The first-order valence-electron chi connectivity index (χ1n) is 11.2. The van der Waals surface area contributed by atoms with Crippen molar-refractivity contribution in [2.75, 3.05) is 19.7 Å². The number of allylic oxidation sites excluding steroid dienone is 2. The number of benzene rings is 2. The van der Waals surface area contributed by atoms with E-state index in [-0.39, 0.29) is 23.9 Å². The monoisotopic (exact) mass is 417 g/mol. The second-order valence-electron chi connectivity index (χ2n) is 8.57. The lowest BCUT2D eigenvalue weighted by Crippen LogP contribution is -2.43. The number of hydrogen-bond donors (Lipinski definition) is 0. The van der Waals surface area contributed by atoms with Gasteiger partial charge >= 0.3 is 12.1 Å². The topological polar surface area (TPSA) is 55.8 Å². The zero-order chi connectivity index (χ0) is 21.2. The predicted molar refractivity (Wildman–Crippen MR) is 117 cm³/mol. The fourth-order valence-electron chi connectivity index (χ4n) is 4.97. The number of piperidine rings is 1. The third kappa shape index (κ3) is 3.97. The number of esters is 1. The fraction of sp³-hybridized carbons (Fsp3) is 0.385. The number of fused-ring (bicyclic) bond motifs is 3. The van der Waals surface area contributed by atoms with E-state index in [1.165, 1.54) is 22.3 Å². The molecule has 0 radical (unpaired) electrons. The van der Waals surface area contributed by atoms with Crippen molar-refractivity contribution in [3.63, 3.8) is 0 Å². The van der Waals surface area contributed by atoms with Crippen LogP contribution in [0.4, 0.5) is 4.79 Å². The smallest absolute Gasteiger partial charge is 0.409 e. The molecule has 0 aromatic heterocycles. The van der Waals surface area contributed by atoms with Crippen molar-refractivity contribution in [1.29, 1.82) is 0 Å². The third-order valence-electron chi connectivity index (χ3n) is 6.58. The summed E-state index contributed by atoms with van der Waals surface area (Å²) in [6.45, 7) is 1.28. The number of rotatable bonds is 4. The van der Waals surface area contributed by atoms with Crippen molar-refractivity contribution < 1.29 is 19.1 Å². The maximum absolute atomic E-state index is 12.8. The molecule has 31 heavy (non-hydrogen) atoms. The molecule has 5 rings (SSSR count). The van der Waals surface area contributed by atoms with Crippen LogP contribution in [0.25, 0.3) is 11.1 Å². The molecule has 1 saturated heterocycles. The first kappa shape index (κ1) is 19.9. The Kier molecular flexibility index (Phi) is 5.49. The highest BCUT2D eigenvalue weighted by Gasteiger charge is 2.33. The van der Waals surface area contributed by atoms with Crippen LogP contribution in [0.1, 0.15) is 49.1 Å². The molecule has 2 aliphatic carbocycles. The first-order chi connectivity index (χ1) is 15.2. The Hall–Kier alpha value is -3.08. The van der Waals surface area contributed by atoms with Crippen LogP contribution in [0.5, 0.6) is 0 Å². The van der Waals surface area contributed by atoms with Gasteiger partial charge in [0.2, 0.25) is 0 Å². The van der Waals surface area contributed by atoms with E-state index in [0.717, 1.165) is 37.9 Å². The zero-order valence-electron chi connectivity index (χ0n) is 17.6. The van der Waals surface area contributed by atoms with Crippen molar-refractivity contribution in [2.45, 2.75) is 38.0 Å². The number of ether oxygens (including phenoxy) is 2. The highest BCUT2D eigenvalue weighted by molar-refractivity contribution is 5.79. The molecule has 5 nitrogen and oxygen atoms in total. The molecule has 0 saturated carbocycles. The second kappa shape index (κ2) is 8.58. The van der Waals surface area contributed by atoms with Crippen LogP contribution in [0.3, 0.4) is 0 Å². The van der Waals surface area contributed by atoms with Crippen molar-refractivity contribution in [3.05, 3.63) is 71.5 Å². The van der Waals surface area contributed by atoms with Gasteiger partial charge < -0.3 is 14.4 Å². The lowest BCUT2D eigenvalue weighted by Gasteiger charge is -2.31. The molecule has 160 valence electrons. The van der Waals surface area contributed by atoms with E-state index in [4.69, 9.17) is 9.47 Å². The largest absolute Gasteiger partial charge is 0.448 e. The summed E-state index contributed by atoms with van der Waals surface area (Å²) in [5.41, 5.74) is 4.81. The number of nitrogens with zero attached hydrogens (tertiary/aromatic N) is 1. The molecule has 1 atom stereocenters. The Morgan fingerprint density at radius 1 is 0.968 bits per heavy atom. The van der Waals surface area contributed by atoms with E-state index in [9.17, 15) is 9.59 Å². The molecule has 3 aliphatic rings. The quantitative estimate of drug-likeness (QED) is 0.637. The summed E-state index contributed by atoms with van der Waals surface area (Å²) in [5.74, 6) is 0.319. The molecule has 0 N–H and O–H groups in total. The van der Waals surface area contributed by atoms with Gasteiger partial charge in [-0.2, -0.15) is 0 Å². The van der Waals surface area contributed by atoms with Crippen molar-refractivity contribution >= 4 is 12.1 Å². The minimum absolute atomic E-state index is 0.0382. The minimum atomic E-state index is -0.348. The highest BCUT2D eigenvalue weighted by atomic mass is 16.6. The molecule has 0 spiro atoms. The fourth-order valence-corrected chi connectivity index (χ4v) is 4.97. The van der Waals surface area contributed by atoms with Crippen molar-refractivity contribution in [2.24, 2.45) is 5.92 Å². The van der Waals surface area contributed by atoms with Gasteiger partial charge in [0.25, 0.3) is 0 Å². The van der Waals surface area contributed by atoms with E-state index in [2.05, 4.69) is 24.3 Å². The average molecular weight is 418 g/mol. The lowest BCUT2D eigenvalue weighted by atomic mass is 9.98. The second-order valence-corrected chi connectivity index (χ2v) is 8.57. The molecule has 5 heteroatoms. The van der Waals surface area contributed by atoms with Gasteiger partial charge in [-0.25, -0.2) is 4.79 Å². The Labute approximate surface area is 182 Å². The third-order valence-corrected chi connectivity index (χ3v) is 6.58. The van der Waals surface area contributed by atoms with Gasteiger partial charge in [-0.15, -0.1) is 0 Å². The molecule has 1 heterocycles. The summed E-state index contributed by atoms with van der Waals surface area (Å²) in [4.78, 5) is 27.0. The number of amides is 1. The molecule has 1 aliphatic heterocycles. The Balaban J connectivity index is 1.22. The number of likely N-dealkylation sites (tertiary alicyclic amines) is 1. The molecule has 2 aromatic carbocycles. The van der Waals surface area contributed by atoms with Crippen LogP contribution in [0, 0.1) is 5.92 Å². The van der Waals surface area contributed by atoms with Gasteiger partial charge in [-0.3, -0.25) is 4.79 Å². The van der Waals surface area contributed by atoms with Gasteiger partial charge in [-0.1, -0.05) is 48.5 Å². The van der Waals surface area contributed by atoms with E-state index in [0.29, 0.717) is 19.7 Å². The molecule has 0 bridgehead atoms. The Bertz CT molecular complexity index is 982. The van der Waals surface area contributed by atoms with E-state index < -0.39 is 0 Å². The van der Waals surface area contributed by atoms with Gasteiger partial charge in [0.1, 0.15) is 12.4 Å². The van der Waals surface area contributed by atoms with Crippen LogP contribution in [0.15, 0.2) is 60.4 Å². The van der Waals surface area contributed by atoms with Crippen molar-refractivity contribution in [1.82, 2.24) is 4.90 Å². The summed E-state index contributed by atoms with van der Waals surface area (Å²) in [5, 5.41) is 0. The van der Waals surface area contributed by atoms with Crippen LogP contribution < -0.4 is 0 Å². The van der Waals surface area contributed by atoms with Gasteiger partial charge in [0.05, 0.1) is 5.92 Å². The number of hydrogen-bond acceptors (Lipinski definition) is 4. The maximum atomic E-state index is 12.8. The van der Waals surface area contributed by atoms with Gasteiger partial charge in [0.15, 0.2) is 0 Å². The van der Waals surface area contributed by atoms with E-state index >= 15 is 0 Å². The summed E-state index contributed by atoms with van der Waals surface area (Å²) in [6, 6.07) is 16.6. The molecular weight excluding hydrogens is 390 g/mol. The van der Waals surface area contributed by atoms with Crippen LogP contribution in [-0.4, -0.2) is 36.7 Å². The molecular formula is C26H27NO4. The number of carbonyl (C=O) groups is 2. The summed E-state index contributed by atoms with van der Waals surface area (Å²) < 4.78 is 11.3. The zero-order valence-corrected chi connectivity index (χ0v) is 17.6. The van der Waals surface area contributed by atoms with Crippen LogP contribution >= 0.6 is 0 Å². The first-order valence-corrected chi connectivity index (χ1v) is 11.2. The van der Waals surface area contributed by atoms with Gasteiger partial charge in [-0.05, 0) is 54.0 Å². The summed E-state index contributed by atoms with van der Waals surface area (Å²) >= 11 is 0. The van der Waals surface area contributed by atoms with Gasteiger partial charge in [0, 0.05) is 25.4 Å². The highest BCUT2D eigenvalue weighted by Crippen LogP contribution is 2.44. The van der Waals surface area contributed by atoms with E-state index in [1.54, 1.807) is 4.90 Å². The Morgan fingerprint density at radius 3 is 2.35 bits per heavy atom. The Morgan fingerprint density at radius 2 is 1.68 bits per heavy atom. The SMILES string of the molecule is O=C(OC1=CCCC1)C1CCCN(C(=O)OCC2c3ccccc3-c3ccccc32)C1. The predicted octanol–water partition coefficient (Wildman–Crippen LogP) is 5.26. The summed E-state index contributed by atoms with van der Waals surface area (Å²) in [6.07, 6.45) is 6.01.